The van der Waals surface area contributed by atoms with E-state index in [-0.39, 0.29) is 0 Å². The number of ether oxygens (including phenoxy) is 4. The van der Waals surface area contributed by atoms with Gasteiger partial charge >= 0.3 is 23.9 Å². The number of carbonyl (C=O) groups is 4. The highest BCUT2D eigenvalue weighted by atomic mass is 28.2. The van der Waals surface area contributed by atoms with Crippen LogP contribution in [-0.4, -0.2) is 53.5 Å². The summed E-state index contributed by atoms with van der Waals surface area (Å²) in [4.78, 5) is 47.1. The molecular formula is C17H22O8Si. The first-order chi connectivity index (χ1) is 12.3. The Morgan fingerprint density at radius 2 is 1.19 bits per heavy atom. The SMILES string of the molecule is COC(=O)C(C)C(=O)OC(OC(=O)C(C)C(=O)OC)[SiH2]c1ccccc1. The van der Waals surface area contributed by atoms with Crippen molar-refractivity contribution < 1.29 is 38.1 Å². The fourth-order valence-corrected chi connectivity index (χ4v) is 3.35. The van der Waals surface area contributed by atoms with E-state index in [1.807, 2.05) is 18.2 Å². The summed E-state index contributed by atoms with van der Waals surface area (Å²) in [7, 11) is 0.907. The van der Waals surface area contributed by atoms with Gasteiger partial charge < -0.3 is 18.9 Å². The van der Waals surface area contributed by atoms with Gasteiger partial charge in [0.1, 0.15) is 0 Å². The highest BCUT2D eigenvalue weighted by Crippen LogP contribution is 2.09. The van der Waals surface area contributed by atoms with Gasteiger partial charge in [0.05, 0.1) is 14.2 Å². The molecule has 0 saturated carbocycles. The van der Waals surface area contributed by atoms with Gasteiger partial charge in [-0.15, -0.1) is 0 Å². The van der Waals surface area contributed by atoms with Crippen LogP contribution >= 0.6 is 0 Å². The molecule has 1 rings (SSSR count). The lowest BCUT2D eigenvalue weighted by Gasteiger charge is -2.21. The molecule has 0 aliphatic rings. The van der Waals surface area contributed by atoms with Gasteiger partial charge in [0.15, 0.2) is 21.4 Å². The Labute approximate surface area is 153 Å². The average molecular weight is 382 g/mol. The van der Waals surface area contributed by atoms with Crippen molar-refractivity contribution in [2.45, 2.75) is 19.8 Å². The zero-order chi connectivity index (χ0) is 19.7. The van der Waals surface area contributed by atoms with E-state index in [9.17, 15) is 19.2 Å². The molecule has 9 heteroatoms. The van der Waals surface area contributed by atoms with Crippen LogP contribution < -0.4 is 5.19 Å². The van der Waals surface area contributed by atoms with Crippen LogP contribution in [0.15, 0.2) is 30.3 Å². The number of carbonyl (C=O) groups excluding carboxylic acids is 4. The summed E-state index contributed by atoms with van der Waals surface area (Å²) in [6.45, 7) is 2.66. The highest BCUT2D eigenvalue weighted by Gasteiger charge is 2.31. The minimum Gasteiger partial charge on any atom is -0.468 e. The molecule has 0 aliphatic carbocycles. The Balaban J connectivity index is 2.88. The first-order valence-electron chi connectivity index (χ1n) is 7.90. The zero-order valence-electron chi connectivity index (χ0n) is 15.1. The number of hydrogen-bond donors (Lipinski definition) is 0. The molecule has 0 N–H and O–H groups in total. The molecular weight excluding hydrogens is 360 g/mol. The maximum Gasteiger partial charge on any atom is 0.322 e. The van der Waals surface area contributed by atoms with E-state index in [2.05, 4.69) is 9.47 Å². The first-order valence-corrected chi connectivity index (χ1v) is 9.43. The third kappa shape index (κ3) is 6.32. The molecule has 8 nitrogen and oxygen atoms in total. The molecule has 0 amide bonds. The predicted molar refractivity (Wildman–Crippen MR) is 93.0 cm³/mol. The summed E-state index contributed by atoms with van der Waals surface area (Å²) < 4.78 is 19.4. The Hall–Kier alpha value is -2.68. The van der Waals surface area contributed by atoms with Gasteiger partial charge in [0, 0.05) is 0 Å². The maximum atomic E-state index is 12.1. The normalized spacial score (nSPS) is 14.2. The van der Waals surface area contributed by atoms with E-state index in [4.69, 9.17) is 9.47 Å². The van der Waals surface area contributed by atoms with E-state index in [1.54, 1.807) is 12.1 Å². The Morgan fingerprint density at radius 1 is 0.769 bits per heavy atom. The Kier molecular flexibility index (Phi) is 8.49. The van der Waals surface area contributed by atoms with Crippen LogP contribution in [0.4, 0.5) is 0 Å². The zero-order valence-corrected chi connectivity index (χ0v) is 16.5. The van der Waals surface area contributed by atoms with Crippen LogP contribution in [0.3, 0.4) is 0 Å². The van der Waals surface area contributed by atoms with Gasteiger partial charge in [0.25, 0.3) is 0 Å². The van der Waals surface area contributed by atoms with Gasteiger partial charge in [-0.25, -0.2) is 0 Å². The number of esters is 4. The van der Waals surface area contributed by atoms with Crippen LogP contribution in [0.25, 0.3) is 0 Å². The van der Waals surface area contributed by atoms with Gasteiger partial charge in [-0.2, -0.15) is 0 Å². The first kappa shape index (κ1) is 21.4. The van der Waals surface area contributed by atoms with Crippen molar-refractivity contribution in [2.24, 2.45) is 11.8 Å². The molecule has 1 aromatic rings. The fraction of sp³-hybridized carbons (Fsp3) is 0.412. The minimum absolute atomic E-state index is 0.760. The number of hydrogen-bond acceptors (Lipinski definition) is 8. The molecule has 2 unspecified atom stereocenters. The molecule has 0 spiro atoms. The van der Waals surface area contributed by atoms with Crippen molar-refractivity contribution in [1.29, 1.82) is 0 Å². The van der Waals surface area contributed by atoms with E-state index in [1.165, 1.54) is 13.8 Å². The Bertz CT molecular complexity index is 609. The van der Waals surface area contributed by atoms with Crippen molar-refractivity contribution in [3.63, 3.8) is 0 Å². The molecule has 0 radical (unpaired) electrons. The summed E-state index contributed by atoms with van der Waals surface area (Å²) >= 11 is 0. The minimum atomic E-state index is -1.40. The highest BCUT2D eigenvalue weighted by molar-refractivity contribution is 6.54. The summed E-state index contributed by atoms with van der Waals surface area (Å²) in [6, 6.07) is 9.06. The smallest absolute Gasteiger partial charge is 0.322 e. The summed E-state index contributed by atoms with van der Waals surface area (Å²) in [5, 5.41) is 0.870. The molecule has 0 bridgehead atoms. The number of methoxy groups -OCH3 is 2. The van der Waals surface area contributed by atoms with Crippen LogP contribution in [0.5, 0.6) is 0 Å². The third-order valence-corrected chi connectivity index (χ3v) is 5.17. The summed E-state index contributed by atoms with van der Waals surface area (Å²) in [5.74, 6) is -6.76. The third-order valence-electron chi connectivity index (χ3n) is 3.56. The fourth-order valence-electron chi connectivity index (χ4n) is 1.92. The lowest BCUT2D eigenvalue weighted by molar-refractivity contribution is -0.183. The Morgan fingerprint density at radius 3 is 1.58 bits per heavy atom. The second-order valence-electron chi connectivity index (χ2n) is 5.48. The summed E-state index contributed by atoms with van der Waals surface area (Å²) in [6.07, 6.45) is 0. The number of rotatable bonds is 8. The lowest BCUT2D eigenvalue weighted by Crippen LogP contribution is -2.40. The van der Waals surface area contributed by atoms with Crippen molar-refractivity contribution >= 4 is 38.6 Å². The second-order valence-corrected chi connectivity index (χ2v) is 7.37. The predicted octanol–water partition coefficient (Wildman–Crippen LogP) is -0.531. The van der Waals surface area contributed by atoms with Crippen molar-refractivity contribution in [1.82, 2.24) is 0 Å². The molecule has 142 valence electrons. The van der Waals surface area contributed by atoms with E-state index in [0.29, 0.717) is 0 Å². The van der Waals surface area contributed by atoms with Crippen molar-refractivity contribution in [3.8, 4) is 0 Å². The molecule has 0 aromatic heterocycles. The average Bonchev–Trinajstić information content (AvgIpc) is 2.65. The quantitative estimate of drug-likeness (QED) is 0.194. The molecule has 26 heavy (non-hydrogen) atoms. The van der Waals surface area contributed by atoms with E-state index < -0.39 is 51.1 Å². The van der Waals surface area contributed by atoms with E-state index in [0.717, 1.165) is 19.4 Å². The lowest BCUT2D eigenvalue weighted by atomic mass is 10.2. The topological polar surface area (TPSA) is 105 Å². The van der Waals surface area contributed by atoms with Crippen LogP contribution in [0.1, 0.15) is 13.8 Å². The number of benzene rings is 1. The van der Waals surface area contributed by atoms with Gasteiger partial charge in [-0.05, 0) is 13.8 Å². The summed E-state index contributed by atoms with van der Waals surface area (Å²) in [5.41, 5.74) is 0. The standard InChI is InChI=1S/C17H22O8Si/c1-10(13(18)22-3)15(20)24-17(26-12-8-6-5-7-9-12)25-16(21)11(2)14(19)23-4/h5-11,17H,26H2,1-4H3. The largest absolute Gasteiger partial charge is 0.468 e. The second kappa shape index (κ2) is 10.3. The maximum absolute atomic E-state index is 12.1. The van der Waals surface area contributed by atoms with E-state index >= 15 is 0 Å². The molecule has 0 fully saturated rings. The molecule has 1 aromatic carbocycles. The van der Waals surface area contributed by atoms with Crippen LogP contribution in [0.2, 0.25) is 0 Å². The van der Waals surface area contributed by atoms with Crippen molar-refractivity contribution in [3.05, 3.63) is 30.3 Å². The molecule has 0 saturated heterocycles. The molecule has 2 atom stereocenters. The monoisotopic (exact) mass is 382 g/mol. The van der Waals surface area contributed by atoms with Gasteiger partial charge in [-0.1, -0.05) is 35.5 Å². The molecule has 0 heterocycles. The van der Waals surface area contributed by atoms with Crippen molar-refractivity contribution in [2.75, 3.05) is 14.2 Å². The van der Waals surface area contributed by atoms with Gasteiger partial charge in [-0.3, -0.25) is 19.2 Å². The van der Waals surface area contributed by atoms with Crippen LogP contribution in [0, 0.1) is 11.8 Å². The van der Waals surface area contributed by atoms with Gasteiger partial charge in [0.2, 0.25) is 5.91 Å². The van der Waals surface area contributed by atoms with Crippen LogP contribution in [-0.2, 0) is 38.1 Å². The molecule has 0 aliphatic heterocycles.